The molecule has 0 radical (unpaired) electrons. The van der Waals surface area contributed by atoms with Gasteiger partial charge >= 0.3 is 0 Å². The van der Waals surface area contributed by atoms with E-state index in [4.69, 9.17) is 18.9 Å². The summed E-state index contributed by atoms with van der Waals surface area (Å²) in [6, 6.07) is 73.7. The van der Waals surface area contributed by atoms with E-state index in [1.54, 1.807) is 0 Å². The number of halogens is 1. The lowest BCUT2D eigenvalue weighted by Gasteiger charge is -2.42. The summed E-state index contributed by atoms with van der Waals surface area (Å²) in [5.74, 6) is 6.43. The third-order valence-corrected chi connectivity index (χ3v) is 19.6. The molecule has 4 aliphatic rings. The van der Waals surface area contributed by atoms with Crippen LogP contribution in [0.2, 0.25) is 0 Å². The molecule has 8 heteroatoms. The number of rotatable bonds is 6. The van der Waals surface area contributed by atoms with E-state index in [1.807, 2.05) is 24.3 Å². The van der Waals surface area contributed by atoms with Gasteiger partial charge in [0.15, 0.2) is 0 Å². The molecule has 10 aromatic carbocycles. The normalized spacial score (nSPS) is 14.8. The van der Waals surface area contributed by atoms with Crippen LogP contribution in [-0.2, 0) is 32.5 Å². The SMILES string of the molecule is CC(C)(C)c1ccc(Oc2cc(N3c4ccccc4C(C)(C)c4ccccc43)cc(Oc3ccc(C(C)(C)C)cc3)c2Br)cc1.CC(C)(C)c1ccc2c(c1)B1c3cc(C(C)(C)C)ccc3Oc3cc(N4c5ccccc5C(C)(C)c5ccccc54)cc(c31)O2. The van der Waals surface area contributed by atoms with Crippen LogP contribution in [0, 0.1) is 0 Å². The maximum Gasteiger partial charge on any atom is 0.260 e. The van der Waals surface area contributed by atoms with Gasteiger partial charge in [0.25, 0.3) is 6.71 Å². The molecule has 10 aromatic rings. The van der Waals surface area contributed by atoms with Gasteiger partial charge in [-0.05, 0) is 154 Å². The van der Waals surface area contributed by atoms with Gasteiger partial charge in [0.1, 0.15) is 50.5 Å². The average Bonchev–Trinajstić information content (AvgIpc) is 0.747. The van der Waals surface area contributed by atoms with Crippen molar-refractivity contribution in [1.29, 1.82) is 0 Å². The minimum atomic E-state index is -0.151. The molecule has 0 saturated heterocycles. The molecule has 0 N–H and O–H groups in total. The highest BCUT2D eigenvalue weighted by Crippen LogP contribution is 2.56. The van der Waals surface area contributed by atoms with E-state index in [-0.39, 0.29) is 39.2 Å². The molecule has 454 valence electrons. The Bertz CT molecular complexity index is 4070. The number of benzene rings is 10. The molecule has 90 heavy (non-hydrogen) atoms. The van der Waals surface area contributed by atoms with E-state index in [1.165, 1.54) is 66.8 Å². The maximum atomic E-state index is 6.85. The first-order chi connectivity index (χ1) is 42.6. The molecule has 4 aliphatic heterocycles. The van der Waals surface area contributed by atoms with Crippen LogP contribution in [0.4, 0.5) is 34.1 Å². The smallest absolute Gasteiger partial charge is 0.260 e. The minimum Gasteiger partial charge on any atom is -0.458 e. The van der Waals surface area contributed by atoms with Gasteiger partial charge in [0.2, 0.25) is 0 Å². The Morgan fingerprint density at radius 2 is 0.656 bits per heavy atom. The molecule has 4 heterocycles. The van der Waals surface area contributed by atoms with Crippen molar-refractivity contribution < 1.29 is 18.9 Å². The van der Waals surface area contributed by atoms with Crippen molar-refractivity contribution in [2.24, 2.45) is 0 Å². The molecule has 0 spiro atoms. The quantitative estimate of drug-likeness (QED) is 0.155. The third-order valence-electron chi connectivity index (χ3n) is 18.9. The van der Waals surface area contributed by atoms with Gasteiger partial charge in [0, 0.05) is 40.6 Å². The molecule has 0 atom stereocenters. The molecule has 0 unspecified atom stereocenters. The summed E-state index contributed by atoms with van der Waals surface area (Å²) in [5.41, 5.74) is 20.3. The standard InChI is InChI=1S/C41H40BNO2.C41H42BrNO2/c1-39(2,3)25-17-19-34-30(21-25)42-31-22-26(40(4,5)6)18-20-35(31)45-37-24-27(23-36(44-34)38(37)42)43-32-15-11-9-13-28(32)41(7,8)29-14-10-12-16-33(29)43;1-39(2,3)27-17-21-30(22-18-27)44-36-25-29(26-37(38(36)42)45-31-23-19-28(20-24-31)40(4,5)6)43-34-15-11-9-13-32(34)41(7,8)33-14-10-12-16-35(33)43/h9-24H,1-8H3;9-26H,1-8H3. The van der Waals surface area contributed by atoms with Crippen molar-refractivity contribution >= 4 is 73.2 Å². The zero-order valence-electron chi connectivity index (χ0n) is 55.1. The number of hydrogen-bond donors (Lipinski definition) is 0. The Balaban J connectivity index is 0.000000165. The number of anilines is 6. The Hall–Kier alpha value is -8.46. The Morgan fingerprint density at radius 3 is 0.978 bits per heavy atom. The third kappa shape index (κ3) is 10.8. The summed E-state index contributed by atoms with van der Waals surface area (Å²) in [6.45, 7) is 36.2. The van der Waals surface area contributed by atoms with Gasteiger partial charge in [0.05, 0.1) is 34.1 Å². The predicted molar refractivity (Wildman–Crippen MR) is 380 cm³/mol. The molecular weight excluding hydrogens is 1170 g/mol. The second kappa shape index (κ2) is 21.9. The first kappa shape index (κ1) is 60.5. The fourth-order valence-electron chi connectivity index (χ4n) is 13.6. The minimum absolute atomic E-state index is 0.0148. The van der Waals surface area contributed by atoms with Crippen molar-refractivity contribution in [3.8, 4) is 46.0 Å². The lowest BCUT2D eigenvalue weighted by Crippen LogP contribution is -2.57. The molecule has 0 aromatic heterocycles. The lowest BCUT2D eigenvalue weighted by atomic mass is 9.34. The van der Waals surface area contributed by atoms with E-state index in [2.05, 4.69) is 319 Å². The molecule has 0 aliphatic carbocycles. The molecule has 0 amide bonds. The van der Waals surface area contributed by atoms with Crippen molar-refractivity contribution in [3.63, 3.8) is 0 Å². The maximum absolute atomic E-state index is 6.85. The van der Waals surface area contributed by atoms with Crippen LogP contribution < -0.4 is 45.1 Å². The van der Waals surface area contributed by atoms with Gasteiger partial charge in [-0.15, -0.1) is 0 Å². The van der Waals surface area contributed by atoms with E-state index in [0.717, 1.165) is 67.2 Å². The fraction of sp³-hybridized carbons (Fsp3) is 0.268. The van der Waals surface area contributed by atoms with Crippen LogP contribution in [0.15, 0.2) is 211 Å². The summed E-state index contributed by atoms with van der Waals surface area (Å²) in [5, 5.41) is 0. The summed E-state index contributed by atoms with van der Waals surface area (Å²) in [6.07, 6.45) is 0. The van der Waals surface area contributed by atoms with E-state index in [9.17, 15) is 0 Å². The fourth-order valence-corrected chi connectivity index (χ4v) is 14.0. The second-order valence-corrected chi connectivity index (χ2v) is 30.8. The van der Waals surface area contributed by atoms with Crippen LogP contribution in [-0.4, -0.2) is 6.71 Å². The highest BCUT2D eigenvalue weighted by atomic mass is 79.9. The van der Waals surface area contributed by atoms with Gasteiger partial charge < -0.3 is 28.7 Å². The Kier molecular flexibility index (Phi) is 14.7. The Labute approximate surface area is 543 Å². The molecule has 0 fully saturated rings. The number of hydrogen-bond acceptors (Lipinski definition) is 6. The molecular formula is C82H82BBrN2O4. The van der Waals surface area contributed by atoms with Crippen LogP contribution in [0.25, 0.3) is 0 Å². The van der Waals surface area contributed by atoms with Crippen molar-refractivity contribution in [3.05, 3.63) is 255 Å². The highest BCUT2D eigenvalue weighted by molar-refractivity contribution is 9.10. The number of ether oxygens (including phenoxy) is 4. The summed E-state index contributed by atoms with van der Waals surface area (Å²) in [4.78, 5) is 4.71. The summed E-state index contributed by atoms with van der Waals surface area (Å²) in [7, 11) is 0. The number of para-hydroxylation sites is 4. The monoisotopic (exact) mass is 1250 g/mol. The summed E-state index contributed by atoms with van der Waals surface area (Å²) >= 11 is 3.86. The molecule has 0 bridgehead atoms. The van der Waals surface area contributed by atoms with Gasteiger partial charge in [-0.25, -0.2) is 0 Å². The highest BCUT2D eigenvalue weighted by Gasteiger charge is 2.44. The average molecular weight is 1250 g/mol. The lowest BCUT2D eigenvalue weighted by molar-refractivity contribution is 0.454. The van der Waals surface area contributed by atoms with E-state index in [0.29, 0.717) is 11.5 Å². The zero-order chi connectivity index (χ0) is 63.6. The second-order valence-electron chi connectivity index (χ2n) is 30.0. The van der Waals surface area contributed by atoms with Crippen molar-refractivity contribution in [1.82, 2.24) is 0 Å². The number of nitrogens with zero attached hydrogens (tertiary/aromatic N) is 2. The number of fused-ring (bicyclic) bond motifs is 8. The largest absolute Gasteiger partial charge is 0.458 e. The van der Waals surface area contributed by atoms with Crippen LogP contribution in [0.5, 0.6) is 46.0 Å². The molecule has 14 rings (SSSR count). The first-order valence-electron chi connectivity index (χ1n) is 31.8. The van der Waals surface area contributed by atoms with Crippen molar-refractivity contribution in [2.45, 2.75) is 143 Å². The topological polar surface area (TPSA) is 43.4 Å². The van der Waals surface area contributed by atoms with Gasteiger partial charge in [-0.1, -0.05) is 232 Å². The molecule has 6 nitrogen and oxygen atoms in total. The predicted octanol–water partition coefficient (Wildman–Crippen LogP) is 21.9. The van der Waals surface area contributed by atoms with Crippen LogP contribution in [0.1, 0.15) is 155 Å². The van der Waals surface area contributed by atoms with E-state index < -0.39 is 0 Å². The Morgan fingerprint density at radius 1 is 0.356 bits per heavy atom. The van der Waals surface area contributed by atoms with Crippen LogP contribution >= 0.6 is 15.9 Å². The van der Waals surface area contributed by atoms with E-state index >= 15 is 0 Å². The van der Waals surface area contributed by atoms with Gasteiger partial charge in [-0.3, -0.25) is 0 Å². The zero-order valence-corrected chi connectivity index (χ0v) is 56.7. The van der Waals surface area contributed by atoms with Gasteiger partial charge in [-0.2, -0.15) is 0 Å². The van der Waals surface area contributed by atoms with Crippen molar-refractivity contribution in [2.75, 3.05) is 9.80 Å². The van der Waals surface area contributed by atoms with Crippen LogP contribution in [0.3, 0.4) is 0 Å². The first-order valence-corrected chi connectivity index (χ1v) is 32.6. The molecule has 0 saturated carbocycles. The summed E-state index contributed by atoms with van der Waals surface area (Å²) < 4.78 is 27.7.